The predicted molar refractivity (Wildman–Crippen MR) is 78.0 cm³/mol. The molecule has 8 heteroatoms. The van der Waals surface area contributed by atoms with Gasteiger partial charge in [-0.25, -0.2) is 13.1 Å². The molecule has 0 saturated heterocycles. The molecule has 7 nitrogen and oxygen atoms in total. The number of carbonyl (C=O) groups is 2. The number of amides is 1. The fourth-order valence-electron chi connectivity index (χ4n) is 2.83. The molecular weight excluding hydrogens is 308 g/mol. The third kappa shape index (κ3) is 2.38. The third-order valence-corrected chi connectivity index (χ3v) is 5.63. The summed E-state index contributed by atoms with van der Waals surface area (Å²) in [7, 11) is -2.17. The zero-order chi connectivity index (χ0) is 16.1. The van der Waals surface area contributed by atoms with Gasteiger partial charge in [0, 0.05) is 12.2 Å². The Morgan fingerprint density at radius 2 is 2.05 bits per heavy atom. The molecular formula is C14H16N2O5S. The minimum Gasteiger partial charge on any atom is -0.481 e. The zero-order valence-corrected chi connectivity index (χ0v) is 12.8. The van der Waals surface area contributed by atoms with E-state index in [4.69, 9.17) is 5.11 Å². The van der Waals surface area contributed by atoms with Gasteiger partial charge in [0.15, 0.2) is 0 Å². The Hall–Kier alpha value is -1.93. The lowest BCUT2D eigenvalue weighted by atomic mass is 10.2. The quantitative estimate of drug-likeness (QED) is 0.823. The number of carbonyl (C=O) groups excluding carboxylic acids is 1. The minimum atomic E-state index is -3.51. The fourth-order valence-corrected chi connectivity index (χ4v) is 3.61. The summed E-state index contributed by atoms with van der Waals surface area (Å²) in [6.45, 7) is 0.458. The number of fused-ring (bicyclic) bond motifs is 1. The van der Waals surface area contributed by atoms with Crippen LogP contribution >= 0.6 is 0 Å². The van der Waals surface area contributed by atoms with Crippen LogP contribution in [0.4, 0.5) is 5.69 Å². The summed E-state index contributed by atoms with van der Waals surface area (Å²) in [5.41, 5.74) is 1.47. The van der Waals surface area contributed by atoms with Crippen LogP contribution in [-0.4, -0.2) is 39.0 Å². The SMILES string of the molecule is CNS(=O)(=O)c1ccc2c(c1)CCN2C(=O)[C@H]1C[C@H]1C(=O)O. The van der Waals surface area contributed by atoms with Crippen LogP contribution in [0.2, 0.25) is 0 Å². The third-order valence-electron chi connectivity index (χ3n) is 4.22. The second kappa shape index (κ2) is 5.06. The van der Waals surface area contributed by atoms with E-state index >= 15 is 0 Å². The standard InChI is InChI=1S/C14H16N2O5S/c1-15-22(20,21)9-2-3-12-8(6-9)4-5-16(12)13(17)10-7-11(10)14(18)19/h2-3,6,10-11,15H,4-5,7H2,1H3,(H,18,19)/t10-,11+/m0/s1. The van der Waals surface area contributed by atoms with Crippen molar-refractivity contribution in [3.63, 3.8) is 0 Å². The number of nitrogens with zero attached hydrogens (tertiary/aromatic N) is 1. The van der Waals surface area contributed by atoms with Crippen molar-refractivity contribution < 1.29 is 23.1 Å². The average Bonchev–Trinajstić information content (AvgIpc) is 3.19. The molecule has 1 heterocycles. The largest absolute Gasteiger partial charge is 0.481 e. The molecule has 1 saturated carbocycles. The van der Waals surface area contributed by atoms with Gasteiger partial charge >= 0.3 is 5.97 Å². The van der Waals surface area contributed by atoms with E-state index in [0.29, 0.717) is 25.1 Å². The average molecular weight is 324 g/mol. The summed E-state index contributed by atoms with van der Waals surface area (Å²) < 4.78 is 25.8. The molecule has 1 fully saturated rings. The van der Waals surface area contributed by atoms with Gasteiger partial charge in [-0.1, -0.05) is 0 Å². The fraction of sp³-hybridized carbons (Fsp3) is 0.429. The van der Waals surface area contributed by atoms with Crippen LogP contribution in [0.3, 0.4) is 0 Å². The number of rotatable bonds is 4. The van der Waals surface area contributed by atoms with Gasteiger partial charge in [-0.05, 0) is 43.7 Å². The molecule has 0 spiro atoms. The molecule has 0 bridgehead atoms. The number of hydrogen-bond donors (Lipinski definition) is 2. The summed E-state index contributed by atoms with van der Waals surface area (Å²) >= 11 is 0. The van der Waals surface area contributed by atoms with Crippen LogP contribution < -0.4 is 9.62 Å². The van der Waals surface area contributed by atoms with Crippen molar-refractivity contribution in [2.45, 2.75) is 17.7 Å². The van der Waals surface area contributed by atoms with Gasteiger partial charge < -0.3 is 10.0 Å². The number of hydrogen-bond acceptors (Lipinski definition) is 4. The van der Waals surface area contributed by atoms with Crippen LogP contribution in [-0.2, 0) is 26.0 Å². The van der Waals surface area contributed by atoms with Crippen molar-refractivity contribution in [1.29, 1.82) is 0 Å². The monoisotopic (exact) mass is 324 g/mol. The van der Waals surface area contributed by atoms with Crippen LogP contribution in [0, 0.1) is 11.8 Å². The first-order valence-electron chi connectivity index (χ1n) is 6.96. The Morgan fingerprint density at radius 3 is 2.64 bits per heavy atom. The number of anilines is 1. The lowest BCUT2D eigenvalue weighted by molar-refractivity contribution is -0.140. The second-order valence-electron chi connectivity index (χ2n) is 5.52. The molecule has 1 aliphatic heterocycles. The van der Waals surface area contributed by atoms with Crippen LogP contribution in [0.1, 0.15) is 12.0 Å². The van der Waals surface area contributed by atoms with Crippen LogP contribution in [0.25, 0.3) is 0 Å². The number of nitrogens with one attached hydrogen (secondary N) is 1. The van der Waals surface area contributed by atoms with Crippen molar-refractivity contribution >= 4 is 27.6 Å². The molecule has 118 valence electrons. The maximum Gasteiger partial charge on any atom is 0.307 e. The van der Waals surface area contributed by atoms with Crippen molar-refractivity contribution in [3.05, 3.63) is 23.8 Å². The highest BCUT2D eigenvalue weighted by Gasteiger charge is 2.50. The number of carboxylic acid groups (broad SMARTS) is 1. The topological polar surface area (TPSA) is 104 Å². The summed E-state index contributed by atoms with van der Waals surface area (Å²) in [6.07, 6.45) is 0.949. The lowest BCUT2D eigenvalue weighted by Gasteiger charge is -2.17. The minimum absolute atomic E-state index is 0.165. The maximum atomic E-state index is 12.4. The molecule has 2 aliphatic rings. The highest BCUT2D eigenvalue weighted by molar-refractivity contribution is 7.89. The summed E-state index contributed by atoms with van der Waals surface area (Å²) in [4.78, 5) is 25.0. The van der Waals surface area contributed by atoms with E-state index in [1.165, 1.54) is 13.1 Å². The van der Waals surface area contributed by atoms with Gasteiger partial charge in [-0.15, -0.1) is 0 Å². The van der Waals surface area contributed by atoms with Gasteiger partial charge in [0.25, 0.3) is 0 Å². The first-order chi connectivity index (χ1) is 10.3. The van der Waals surface area contributed by atoms with E-state index in [-0.39, 0.29) is 10.8 Å². The number of benzene rings is 1. The summed E-state index contributed by atoms with van der Waals surface area (Å²) in [5.74, 6) is -2.16. The highest BCUT2D eigenvalue weighted by Crippen LogP contribution is 2.42. The van der Waals surface area contributed by atoms with Crippen LogP contribution in [0.5, 0.6) is 0 Å². The van der Waals surface area contributed by atoms with Crippen molar-refractivity contribution in [3.8, 4) is 0 Å². The normalized spacial score (nSPS) is 23.2. The lowest BCUT2D eigenvalue weighted by Crippen LogP contribution is -2.31. The molecule has 2 N–H and O–H groups in total. The van der Waals surface area contributed by atoms with Gasteiger partial charge in [-0.2, -0.15) is 0 Å². The van der Waals surface area contributed by atoms with E-state index in [0.717, 1.165) is 5.56 Å². The van der Waals surface area contributed by atoms with E-state index in [2.05, 4.69) is 4.72 Å². The van der Waals surface area contributed by atoms with Gasteiger partial charge in [-0.3, -0.25) is 9.59 Å². The predicted octanol–water partition coefficient (Wildman–Crippen LogP) is 0.204. The molecule has 1 aliphatic carbocycles. The van der Waals surface area contributed by atoms with Crippen molar-refractivity contribution in [2.24, 2.45) is 11.8 Å². The smallest absolute Gasteiger partial charge is 0.307 e. The molecule has 3 rings (SSSR count). The first-order valence-corrected chi connectivity index (χ1v) is 8.44. The number of aliphatic carboxylic acids is 1. The zero-order valence-electron chi connectivity index (χ0n) is 11.9. The van der Waals surface area contributed by atoms with Gasteiger partial charge in [0.05, 0.1) is 16.7 Å². The van der Waals surface area contributed by atoms with Gasteiger partial charge in [0.2, 0.25) is 15.9 Å². The Bertz CT molecular complexity index is 758. The molecule has 0 unspecified atom stereocenters. The summed E-state index contributed by atoms with van der Waals surface area (Å²) in [5, 5.41) is 8.92. The number of sulfonamides is 1. The molecule has 2 atom stereocenters. The second-order valence-corrected chi connectivity index (χ2v) is 7.41. The molecule has 1 amide bonds. The summed E-state index contributed by atoms with van der Waals surface area (Å²) in [6, 6.07) is 4.64. The molecule has 1 aromatic carbocycles. The molecule has 1 aromatic rings. The van der Waals surface area contributed by atoms with E-state index in [9.17, 15) is 18.0 Å². The van der Waals surface area contributed by atoms with Crippen molar-refractivity contribution in [1.82, 2.24) is 4.72 Å². The first kappa shape index (κ1) is 15.0. The number of carboxylic acids is 1. The Morgan fingerprint density at radius 1 is 1.32 bits per heavy atom. The van der Waals surface area contributed by atoms with E-state index < -0.39 is 27.8 Å². The van der Waals surface area contributed by atoms with Gasteiger partial charge in [0.1, 0.15) is 0 Å². The Labute approximate surface area is 128 Å². The molecule has 22 heavy (non-hydrogen) atoms. The Kier molecular flexibility index (Phi) is 3.45. The van der Waals surface area contributed by atoms with Crippen molar-refractivity contribution in [2.75, 3.05) is 18.5 Å². The molecule has 0 aromatic heterocycles. The van der Waals surface area contributed by atoms with E-state index in [1.54, 1.807) is 17.0 Å². The molecule has 0 radical (unpaired) electrons. The maximum absolute atomic E-state index is 12.4. The highest BCUT2D eigenvalue weighted by atomic mass is 32.2. The Balaban J connectivity index is 1.84. The van der Waals surface area contributed by atoms with Crippen LogP contribution in [0.15, 0.2) is 23.1 Å². The van der Waals surface area contributed by atoms with E-state index in [1.807, 2.05) is 0 Å².